The van der Waals surface area contributed by atoms with Crippen LogP contribution in [0.15, 0.2) is 78.9 Å². The number of fused-ring (bicyclic) bond motifs is 1. The molecule has 4 rings (SSSR count). The molecule has 0 aliphatic carbocycles. The molecule has 4 aromatic rings. The van der Waals surface area contributed by atoms with Gasteiger partial charge in [0.25, 0.3) is 0 Å². The number of amides is 1. The molecule has 0 aliphatic rings. The van der Waals surface area contributed by atoms with Gasteiger partial charge >= 0.3 is 0 Å². The van der Waals surface area contributed by atoms with Gasteiger partial charge in [0.2, 0.25) is 5.91 Å². The van der Waals surface area contributed by atoms with E-state index in [1.807, 2.05) is 78.9 Å². The molecule has 0 unspecified atom stereocenters. The first kappa shape index (κ1) is 18.2. The summed E-state index contributed by atoms with van der Waals surface area (Å²) in [6.45, 7) is 2.06. The van der Waals surface area contributed by atoms with E-state index in [4.69, 9.17) is 4.74 Å². The summed E-state index contributed by atoms with van der Waals surface area (Å²) in [7, 11) is 0. The highest BCUT2D eigenvalue weighted by Gasteiger charge is 2.13. The van der Waals surface area contributed by atoms with Gasteiger partial charge in [-0.25, -0.2) is 4.98 Å². The number of rotatable bonds is 6. The predicted octanol–water partition coefficient (Wildman–Crippen LogP) is 6.22. The highest BCUT2D eigenvalue weighted by atomic mass is 32.1. The molecule has 0 aliphatic heterocycles. The maximum absolute atomic E-state index is 12.4. The van der Waals surface area contributed by atoms with Crippen molar-refractivity contribution in [2.24, 2.45) is 0 Å². The van der Waals surface area contributed by atoms with Crippen LogP contribution in [0.4, 0.5) is 5.13 Å². The number of ether oxygens (including phenoxy) is 1. The third-order valence-corrected chi connectivity index (χ3v) is 5.38. The Morgan fingerprint density at radius 3 is 2.46 bits per heavy atom. The number of carbonyl (C=O) groups excluding carboxylic acids is 1. The van der Waals surface area contributed by atoms with Crippen LogP contribution in [-0.2, 0) is 4.79 Å². The first-order valence-electron chi connectivity index (χ1n) is 9.16. The summed E-state index contributed by atoms with van der Waals surface area (Å²) in [5, 5.41) is 3.54. The number of aromatic nitrogens is 1. The molecule has 1 aromatic heterocycles. The Morgan fingerprint density at radius 1 is 1.00 bits per heavy atom. The van der Waals surface area contributed by atoms with Crippen molar-refractivity contribution in [2.75, 3.05) is 5.32 Å². The maximum Gasteiger partial charge on any atom is 0.226 e. The zero-order valence-electron chi connectivity index (χ0n) is 15.5. The molecule has 5 heteroatoms. The lowest BCUT2D eigenvalue weighted by Crippen LogP contribution is -2.14. The molecule has 1 heterocycles. The van der Waals surface area contributed by atoms with Gasteiger partial charge in [0.1, 0.15) is 11.5 Å². The third kappa shape index (κ3) is 4.38. The topological polar surface area (TPSA) is 51.2 Å². The molecule has 0 radical (unpaired) electrons. The number of para-hydroxylation sites is 1. The van der Waals surface area contributed by atoms with Crippen LogP contribution in [0.5, 0.6) is 11.5 Å². The Labute approximate surface area is 167 Å². The number of anilines is 1. The molecule has 3 aromatic carbocycles. The Kier molecular flexibility index (Phi) is 5.35. The van der Waals surface area contributed by atoms with Crippen LogP contribution >= 0.6 is 11.3 Å². The largest absolute Gasteiger partial charge is 0.457 e. The smallest absolute Gasteiger partial charge is 0.226 e. The molecule has 0 fully saturated rings. The maximum atomic E-state index is 12.4. The van der Waals surface area contributed by atoms with Crippen LogP contribution in [0.2, 0.25) is 0 Å². The highest BCUT2D eigenvalue weighted by molar-refractivity contribution is 7.22. The van der Waals surface area contributed by atoms with Gasteiger partial charge in [0.15, 0.2) is 5.13 Å². The number of nitrogens with zero attached hydrogens (tertiary/aromatic N) is 1. The molecule has 0 spiro atoms. The van der Waals surface area contributed by atoms with Gasteiger partial charge in [-0.05, 0) is 35.7 Å². The van der Waals surface area contributed by atoms with Crippen LogP contribution in [-0.4, -0.2) is 10.9 Å². The SMILES string of the molecule is C[C@H](CC(=O)Nc1nc2ccc(Oc3ccccc3)cc2s1)c1ccccc1. The molecule has 1 amide bonds. The molecule has 28 heavy (non-hydrogen) atoms. The normalized spacial score (nSPS) is 11.9. The Morgan fingerprint density at radius 2 is 1.71 bits per heavy atom. The van der Waals surface area contributed by atoms with Crippen LogP contribution in [0.25, 0.3) is 10.2 Å². The first-order chi connectivity index (χ1) is 13.7. The lowest BCUT2D eigenvalue weighted by Gasteiger charge is -2.10. The van der Waals surface area contributed by atoms with Crippen molar-refractivity contribution in [3.8, 4) is 11.5 Å². The van der Waals surface area contributed by atoms with Crippen LogP contribution in [0, 0.1) is 0 Å². The Bertz CT molecular complexity index is 1080. The second-order valence-electron chi connectivity index (χ2n) is 6.63. The fourth-order valence-corrected chi connectivity index (χ4v) is 3.90. The molecular weight excluding hydrogens is 368 g/mol. The number of nitrogens with one attached hydrogen (secondary N) is 1. The van der Waals surface area contributed by atoms with Crippen molar-refractivity contribution >= 4 is 32.6 Å². The summed E-state index contributed by atoms with van der Waals surface area (Å²) in [5.41, 5.74) is 2.00. The van der Waals surface area contributed by atoms with Crippen LogP contribution in [0.1, 0.15) is 24.8 Å². The van der Waals surface area contributed by atoms with Crippen LogP contribution in [0.3, 0.4) is 0 Å². The van der Waals surface area contributed by atoms with E-state index in [2.05, 4.69) is 17.2 Å². The minimum atomic E-state index is -0.0313. The van der Waals surface area contributed by atoms with Gasteiger partial charge in [0, 0.05) is 12.5 Å². The van der Waals surface area contributed by atoms with E-state index in [0.717, 1.165) is 27.3 Å². The summed E-state index contributed by atoms with van der Waals surface area (Å²) < 4.78 is 6.84. The van der Waals surface area contributed by atoms with Gasteiger partial charge in [0.05, 0.1) is 10.2 Å². The zero-order valence-corrected chi connectivity index (χ0v) is 16.3. The van der Waals surface area contributed by atoms with E-state index < -0.39 is 0 Å². The average molecular weight is 388 g/mol. The van der Waals surface area contributed by atoms with E-state index in [1.165, 1.54) is 11.3 Å². The number of hydrogen-bond acceptors (Lipinski definition) is 4. The number of hydrogen-bond donors (Lipinski definition) is 1. The summed E-state index contributed by atoms with van der Waals surface area (Å²) in [5.74, 6) is 1.66. The van der Waals surface area contributed by atoms with Crippen molar-refractivity contribution in [3.63, 3.8) is 0 Å². The lowest BCUT2D eigenvalue weighted by atomic mass is 9.98. The molecule has 0 bridgehead atoms. The summed E-state index contributed by atoms with van der Waals surface area (Å²) in [4.78, 5) is 16.9. The fraction of sp³-hybridized carbons (Fsp3) is 0.130. The molecule has 1 N–H and O–H groups in total. The standard InChI is InChI=1S/C23H20N2O2S/c1-16(17-8-4-2-5-9-17)14-22(26)25-23-24-20-13-12-19(15-21(20)28-23)27-18-10-6-3-7-11-18/h2-13,15-16H,14H2,1H3,(H,24,25,26)/t16-/m1/s1. The van der Waals surface area contributed by atoms with Crippen LogP contribution < -0.4 is 10.1 Å². The quantitative estimate of drug-likeness (QED) is 0.426. The van der Waals surface area contributed by atoms with E-state index in [0.29, 0.717) is 11.6 Å². The number of thiazole rings is 1. The monoisotopic (exact) mass is 388 g/mol. The zero-order chi connectivity index (χ0) is 19.3. The molecule has 140 valence electrons. The molecule has 0 saturated heterocycles. The predicted molar refractivity (Wildman–Crippen MR) is 114 cm³/mol. The van der Waals surface area contributed by atoms with Crippen molar-refractivity contribution in [2.45, 2.75) is 19.3 Å². The van der Waals surface area contributed by atoms with Crippen molar-refractivity contribution in [3.05, 3.63) is 84.4 Å². The van der Waals surface area contributed by atoms with E-state index in [1.54, 1.807) is 0 Å². The summed E-state index contributed by atoms with van der Waals surface area (Å²) in [6.07, 6.45) is 0.419. The van der Waals surface area contributed by atoms with Gasteiger partial charge in [-0.2, -0.15) is 0 Å². The molecule has 1 atom stereocenters. The Hall–Kier alpha value is -3.18. The van der Waals surface area contributed by atoms with Gasteiger partial charge in [-0.1, -0.05) is 66.8 Å². The molecular formula is C23H20N2O2S. The molecule has 0 saturated carbocycles. The highest BCUT2D eigenvalue weighted by Crippen LogP contribution is 2.31. The molecule has 4 nitrogen and oxygen atoms in total. The number of benzene rings is 3. The third-order valence-electron chi connectivity index (χ3n) is 4.45. The summed E-state index contributed by atoms with van der Waals surface area (Å²) in [6, 6.07) is 25.4. The average Bonchev–Trinajstić information content (AvgIpc) is 3.10. The first-order valence-corrected chi connectivity index (χ1v) is 9.97. The van der Waals surface area contributed by atoms with Crippen molar-refractivity contribution < 1.29 is 9.53 Å². The minimum absolute atomic E-state index is 0.0313. The summed E-state index contributed by atoms with van der Waals surface area (Å²) >= 11 is 1.45. The van der Waals surface area contributed by atoms with Gasteiger partial charge in [-0.15, -0.1) is 0 Å². The Balaban J connectivity index is 1.43. The second kappa shape index (κ2) is 8.23. The minimum Gasteiger partial charge on any atom is -0.457 e. The van der Waals surface area contributed by atoms with Crippen molar-refractivity contribution in [1.29, 1.82) is 0 Å². The van der Waals surface area contributed by atoms with Gasteiger partial charge < -0.3 is 10.1 Å². The van der Waals surface area contributed by atoms with Crippen molar-refractivity contribution in [1.82, 2.24) is 4.98 Å². The fourth-order valence-electron chi connectivity index (χ4n) is 2.99. The number of carbonyl (C=O) groups is 1. The van der Waals surface area contributed by atoms with E-state index in [9.17, 15) is 4.79 Å². The van der Waals surface area contributed by atoms with E-state index in [-0.39, 0.29) is 11.8 Å². The van der Waals surface area contributed by atoms with E-state index >= 15 is 0 Å². The lowest BCUT2D eigenvalue weighted by molar-refractivity contribution is -0.116. The van der Waals surface area contributed by atoms with Gasteiger partial charge in [-0.3, -0.25) is 4.79 Å². The second-order valence-corrected chi connectivity index (χ2v) is 7.66.